The van der Waals surface area contributed by atoms with Crippen LogP contribution in [0.1, 0.15) is 77.3 Å². The first-order chi connectivity index (χ1) is 19.7. The highest BCUT2D eigenvalue weighted by molar-refractivity contribution is 5.99. The molecule has 0 N–H and O–H groups in total. The number of alkyl halides is 3. The van der Waals surface area contributed by atoms with Gasteiger partial charge in [0.1, 0.15) is 11.6 Å². The number of pyridine rings is 1. The smallest absolute Gasteiger partial charge is 0.435 e. The topological polar surface area (TPSA) is 78.1 Å². The molecular formula is C30H31F3N6O2. The van der Waals surface area contributed by atoms with Crippen molar-refractivity contribution in [3.05, 3.63) is 83.0 Å². The summed E-state index contributed by atoms with van der Waals surface area (Å²) >= 11 is 0. The SMILES string of the molecule is CCn1cc(-c2cc(Cn3ccnc3C3CC3)cc3c2CCN(C(C)c2cc(OC)ccn2)C3=O)c(C(F)(F)F)n1. The molecule has 1 fully saturated rings. The van der Waals surface area contributed by atoms with Gasteiger partial charge in [0.05, 0.1) is 18.8 Å². The van der Waals surface area contributed by atoms with E-state index in [4.69, 9.17) is 4.74 Å². The van der Waals surface area contributed by atoms with E-state index in [0.717, 1.165) is 24.2 Å². The Balaban J connectivity index is 1.46. The average molecular weight is 565 g/mol. The number of aromatic nitrogens is 5. The fraction of sp³-hybridized carbons (Fsp3) is 0.400. The lowest BCUT2D eigenvalue weighted by Gasteiger charge is -2.34. The molecule has 4 heterocycles. The number of ether oxygens (including phenoxy) is 1. The maximum atomic E-state index is 14.2. The van der Waals surface area contributed by atoms with Gasteiger partial charge in [-0.15, -0.1) is 0 Å². The number of fused-ring (bicyclic) bond motifs is 1. The summed E-state index contributed by atoms with van der Waals surface area (Å²) in [5.41, 5.74) is 1.88. The zero-order chi connectivity index (χ0) is 28.9. The van der Waals surface area contributed by atoms with Crippen LogP contribution >= 0.6 is 0 Å². The number of hydrogen-bond donors (Lipinski definition) is 0. The van der Waals surface area contributed by atoms with Gasteiger partial charge in [-0.3, -0.25) is 14.5 Å². The van der Waals surface area contributed by atoms with E-state index in [1.54, 1.807) is 49.5 Å². The molecule has 1 amide bonds. The quantitative estimate of drug-likeness (QED) is 0.267. The third-order valence-corrected chi connectivity index (χ3v) is 7.97. The van der Waals surface area contributed by atoms with Crippen LogP contribution in [0, 0.1) is 0 Å². The number of hydrogen-bond acceptors (Lipinski definition) is 5. The van der Waals surface area contributed by atoms with Crippen molar-refractivity contribution in [2.45, 2.75) is 64.3 Å². The molecule has 1 saturated carbocycles. The highest BCUT2D eigenvalue weighted by Gasteiger charge is 2.39. The van der Waals surface area contributed by atoms with Crippen molar-refractivity contribution in [3.63, 3.8) is 0 Å². The highest BCUT2D eigenvalue weighted by atomic mass is 19.4. The van der Waals surface area contributed by atoms with Crippen molar-refractivity contribution in [1.82, 2.24) is 29.2 Å². The number of nitrogens with zero attached hydrogens (tertiary/aromatic N) is 6. The molecule has 0 bridgehead atoms. The zero-order valence-corrected chi connectivity index (χ0v) is 23.1. The van der Waals surface area contributed by atoms with E-state index >= 15 is 0 Å². The van der Waals surface area contributed by atoms with Gasteiger partial charge >= 0.3 is 6.18 Å². The van der Waals surface area contributed by atoms with Crippen molar-refractivity contribution in [2.75, 3.05) is 13.7 Å². The van der Waals surface area contributed by atoms with Crippen LogP contribution < -0.4 is 4.74 Å². The molecule has 11 heteroatoms. The molecule has 8 nitrogen and oxygen atoms in total. The van der Waals surface area contributed by atoms with E-state index in [2.05, 4.69) is 15.1 Å². The minimum atomic E-state index is -4.64. The molecule has 1 aliphatic heterocycles. The molecule has 1 unspecified atom stereocenters. The van der Waals surface area contributed by atoms with Crippen LogP contribution in [0.5, 0.6) is 5.75 Å². The average Bonchev–Trinajstić information content (AvgIpc) is 3.53. The fourth-order valence-corrected chi connectivity index (χ4v) is 5.67. The van der Waals surface area contributed by atoms with Gasteiger partial charge in [-0.2, -0.15) is 18.3 Å². The molecule has 0 radical (unpaired) electrons. The molecule has 1 aliphatic carbocycles. The first-order valence-electron chi connectivity index (χ1n) is 13.8. The number of imidazole rings is 1. The van der Waals surface area contributed by atoms with E-state index in [1.807, 2.05) is 23.8 Å². The third kappa shape index (κ3) is 5.09. The van der Waals surface area contributed by atoms with Crippen molar-refractivity contribution in [2.24, 2.45) is 0 Å². The minimum Gasteiger partial charge on any atom is -0.497 e. The molecular weight excluding hydrogens is 533 g/mol. The second-order valence-corrected chi connectivity index (χ2v) is 10.6. The van der Waals surface area contributed by atoms with Crippen LogP contribution in [0.4, 0.5) is 13.2 Å². The van der Waals surface area contributed by atoms with Gasteiger partial charge in [0.2, 0.25) is 0 Å². The van der Waals surface area contributed by atoms with Crippen molar-refractivity contribution >= 4 is 5.91 Å². The first kappa shape index (κ1) is 27.0. The molecule has 41 heavy (non-hydrogen) atoms. The number of aryl methyl sites for hydroxylation is 1. The van der Waals surface area contributed by atoms with Crippen LogP contribution in [0.2, 0.25) is 0 Å². The third-order valence-electron chi connectivity index (χ3n) is 7.97. The minimum absolute atomic E-state index is 0.00532. The van der Waals surface area contributed by atoms with Crippen LogP contribution in [0.3, 0.4) is 0 Å². The number of methoxy groups -OCH3 is 1. The van der Waals surface area contributed by atoms with Gasteiger partial charge in [0, 0.05) is 67.5 Å². The summed E-state index contributed by atoms with van der Waals surface area (Å²) in [5.74, 6) is 1.76. The van der Waals surface area contributed by atoms with Gasteiger partial charge in [0.15, 0.2) is 5.69 Å². The summed E-state index contributed by atoms with van der Waals surface area (Å²) in [6.07, 6.45) is 4.60. The second-order valence-electron chi connectivity index (χ2n) is 10.6. The van der Waals surface area contributed by atoms with Crippen molar-refractivity contribution in [1.29, 1.82) is 0 Å². The molecule has 2 aliphatic rings. The van der Waals surface area contributed by atoms with Crippen LogP contribution in [-0.2, 0) is 25.7 Å². The molecule has 0 spiro atoms. The van der Waals surface area contributed by atoms with E-state index in [1.165, 1.54) is 10.9 Å². The number of carbonyl (C=O) groups is 1. The predicted molar refractivity (Wildman–Crippen MR) is 146 cm³/mol. The summed E-state index contributed by atoms with van der Waals surface area (Å²) in [7, 11) is 1.57. The summed E-state index contributed by atoms with van der Waals surface area (Å²) in [6.45, 7) is 4.68. The Kier molecular flexibility index (Phi) is 6.83. The number of carbonyl (C=O) groups excluding carboxylic acids is 1. The zero-order valence-electron chi connectivity index (χ0n) is 23.1. The maximum absolute atomic E-state index is 14.2. The standard InChI is InChI=1S/C30H31F3N6O2/c1-4-38-17-25(27(36-38)30(31,32)33)23-13-19(16-37-12-10-35-28(37)20-5-6-20)14-24-22(23)8-11-39(29(24)40)18(2)26-15-21(41-3)7-9-34-26/h7,9-10,12-15,17-18,20H,4-6,8,11,16H2,1-3H3. The van der Waals surface area contributed by atoms with Gasteiger partial charge in [-0.25, -0.2) is 4.98 Å². The number of amides is 1. The molecule has 4 aromatic rings. The summed E-state index contributed by atoms with van der Waals surface area (Å²) < 4.78 is 51.2. The van der Waals surface area contributed by atoms with E-state index in [9.17, 15) is 18.0 Å². The number of rotatable bonds is 8. The maximum Gasteiger partial charge on any atom is 0.435 e. The van der Waals surface area contributed by atoms with Crippen molar-refractivity contribution < 1.29 is 22.7 Å². The summed E-state index contributed by atoms with van der Waals surface area (Å²) in [5, 5.41) is 3.86. The fourth-order valence-electron chi connectivity index (χ4n) is 5.67. The second kappa shape index (κ2) is 10.4. The Hall–Kier alpha value is -4.15. The monoisotopic (exact) mass is 564 g/mol. The molecule has 3 aromatic heterocycles. The summed E-state index contributed by atoms with van der Waals surface area (Å²) in [6, 6.07) is 6.79. The molecule has 214 valence electrons. The number of benzene rings is 1. The highest BCUT2D eigenvalue weighted by Crippen LogP contribution is 2.42. The Bertz CT molecular complexity index is 1600. The lowest BCUT2D eigenvalue weighted by Crippen LogP contribution is -2.40. The normalized spacial score (nSPS) is 16.1. The summed E-state index contributed by atoms with van der Waals surface area (Å²) in [4.78, 5) is 24.7. The van der Waals surface area contributed by atoms with Crippen molar-refractivity contribution in [3.8, 4) is 16.9 Å². The predicted octanol–water partition coefficient (Wildman–Crippen LogP) is 5.87. The van der Waals surface area contributed by atoms with Gasteiger partial charge in [-0.1, -0.05) is 0 Å². The van der Waals surface area contributed by atoms with Gasteiger partial charge < -0.3 is 14.2 Å². The Morgan fingerprint density at radius 3 is 2.59 bits per heavy atom. The van der Waals surface area contributed by atoms with Crippen LogP contribution in [0.25, 0.3) is 11.1 Å². The molecule has 6 rings (SSSR count). The molecule has 1 aromatic carbocycles. The largest absolute Gasteiger partial charge is 0.497 e. The molecule has 0 saturated heterocycles. The van der Waals surface area contributed by atoms with E-state index in [0.29, 0.717) is 60.1 Å². The lowest BCUT2D eigenvalue weighted by molar-refractivity contribution is -0.141. The lowest BCUT2D eigenvalue weighted by atomic mass is 9.87. The Morgan fingerprint density at radius 1 is 1.10 bits per heavy atom. The van der Waals surface area contributed by atoms with Crippen LogP contribution in [-0.4, -0.2) is 48.8 Å². The van der Waals surface area contributed by atoms with Gasteiger partial charge in [-0.05, 0) is 68.0 Å². The number of halogens is 3. The van der Waals surface area contributed by atoms with Gasteiger partial charge in [0.25, 0.3) is 5.91 Å². The van der Waals surface area contributed by atoms with Crippen LogP contribution in [0.15, 0.2) is 49.1 Å². The Labute approximate surface area is 235 Å². The Morgan fingerprint density at radius 2 is 1.88 bits per heavy atom. The first-order valence-corrected chi connectivity index (χ1v) is 13.8. The van der Waals surface area contributed by atoms with E-state index in [-0.39, 0.29) is 17.5 Å². The molecule has 1 atom stereocenters. The van der Waals surface area contributed by atoms with E-state index < -0.39 is 11.9 Å².